The van der Waals surface area contributed by atoms with Crippen LogP contribution >= 0.6 is 0 Å². The zero-order valence-corrected chi connectivity index (χ0v) is 20.9. The second-order valence-corrected chi connectivity index (χ2v) is 12.2. The number of hydrogen-bond acceptors (Lipinski definition) is 5. The molecule has 0 spiro atoms. The van der Waals surface area contributed by atoms with E-state index in [1.807, 2.05) is 4.90 Å². The Hall–Kier alpha value is -1.62. The molecule has 0 N–H and O–H groups in total. The molecule has 1 aromatic rings. The highest BCUT2D eigenvalue weighted by molar-refractivity contribution is 7.89. The molecule has 1 amide bonds. The molecule has 0 aliphatic carbocycles. The summed E-state index contributed by atoms with van der Waals surface area (Å²) in [5.41, 5.74) is 0. The fourth-order valence-corrected chi connectivity index (χ4v) is 8.64. The third-order valence-corrected chi connectivity index (χ3v) is 10.3. The number of hydrogen-bond donors (Lipinski definition) is 0. The molecule has 0 bridgehead atoms. The minimum atomic E-state index is -4.16. The molecule has 4 aliphatic rings. The summed E-state index contributed by atoms with van der Waals surface area (Å²) in [6.07, 6.45) is 5.42. The van der Waals surface area contributed by atoms with Crippen LogP contribution in [0.3, 0.4) is 0 Å². The molecule has 1 aromatic carbocycles. The van der Waals surface area contributed by atoms with E-state index in [4.69, 9.17) is 4.74 Å². The van der Waals surface area contributed by atoms with E-state index in [-0.39, 0.29) is 23.8 Å². The molecule has 0 saturated carbocycles. The van der Waals surface area contributed by atoms with Crippen molar-refractivity contribution in [1.29, 1.82) is 0 Å². The number of carbonyl (C=O) groups is 1. The Kier molecular flexibility index (Phi) is 7.44. The zero-order chi connectivity index (χ0) is 24.6. The second-order valence-electron chi connectivity index (χ2n) is 10.3. The normalized spacial score (nSPS) is 30.2. The van der Waals surface area contributed by atoms with Gasteiger partial charge in [0.1, 0.15) is 16.5 Å². The summed E-state index contributed by atoms with van der Waals surface area (Å²) in [5.74, 6) is -1.42. The van der Waals surface area contributed by atoms with Gasteiger partial charge in [0.05, 0.1) is 13.2 Å². The molecule has 4 saturated heterocycles. The van der Waals surface area contributed by atoms with E-state index >= 15 is 0 Å². The van der Waals surface area contributed by atoms with E-state index in [1.54, 1.807) is 0 Å². The minimum absolute atomic E-state index is 0.0731. The van der Waals surface area contributed by atoms with Crippen LogP contribution in [0.1, 0.15) is 44.9 Å². The van der Waals surface area contributed by atoms with Crippen LogP contribution in [0.2, 0.25) is 0 Å². The summed E-state index contributed by atoms with van der Waals surface area (Å²) in [4.78, 5) is 16.6. The van der Waals surface area contributed by atoms with Gasteiger partial charge in [-0.15, -0.1) is 0 Å². The van der Waals surface area contributed by atoms with Crippen LogP contribution in [0, 0.1) is 23.5 Å². The summed E-state index contributed by atoms with van der Waals surface area (Å²) >= 11 is 0. The first-order chi connectivity index (χ1) is 16.9. The van der Waals surface area contributed by atoms with Crippen LogP contribution in [0.4, 0.5) is 8.78 Å². The predicted octanol–water partition coefficient (Wildman–Crippen LogP) is 2.86. The third-order valence-electron chi connectivity index (χ3n) is 8.36. The van der Waals surface area contributed by atoms with Crippen LogP contribution in [0.15, 0.2) is 23.1 Å². The number of halogens is 2. The van der Waals surface area contributed by atoms with Crippen LogP contribution in [-0.2, 0) is 19.6 Å². The monoisotopic (exact) mass is 511 g/mol. The maximum atomic E-state index is 14.7. The topological polar surface area (TPSA) is 70.2 Å². The van der Waals surface area contributed by atoms with E-state index in [2.05, 4.69) is 4.90 Å². The smallest absolute Gasteiger partial charge is 0.246 e. The van der Waals surface area contributed by atoms with Crippen molar-refractivity contribution in [2.45, 2.75) is 61.9 Å². The van der Waals surface area contributed by atoms with Gasteiger partial charge in [-0.25, -0.2) is 17.2 Å². The lowest BCUT2D eigenvalue weighted by Gasteiger charge is -2.57. The largest absolute Gasteiger partial charge is 0.378 e. The maximum absolute atomic E-state index is 14.7. The average molecular weight is 512 g/mol. The number of ether oxygens (including phenoxy) is 1. The van der Waals surface area contributed by atoms with E-state index in [0.29, 0.717) is 64.2 Å². The van der Waals surface area contributed by atoms with Gasteiger partial charge in [-0.1, -0.05) is 0 Å². The number of benzene rings is 1. The lowest BCUT2D eigenvalue weighted by molar-refractivity contribution is -0.135. The summed E-state index contributed by atoms with van der Waals surface area (Å²) in [7, 11) is -4.16. The molecule has 5 rings (SSSR count). The highest BCUT2D eigenvalue weighted by atomic mass is 32.2. The molecule has 4 atom stereocenters. The van der Waals surface area contributed by atoms with Crippen molar-refractivity contribution in [1.82, 2.24) is 14.1 Å². The van der Waals surface area contributed by atoms with Gasteiger partial charge < -0.3 is 9.64 Å². The Labute approximate surface area is 206 Å². The second kappa shape index (κ2) is 10.4. The molecule has 4 fully saturated rings. The van der Waals surface area contributed by atoms with Gasteiger partial charge in [0.15, 0.2) is 0 Å². The average Bonchev–Trinajstić information content (AvgIpc) is 2.85. The number of sulfonamides is 1. The number of carbonyl (C=O) groups excluding carboxylic acids is 1. The van der Waals surface area contributed by atoms with Crippen LogP contribution in [0.5, 0.6) is 0 Å². The van der Waals surface area contributed by atoms with Crippen molar-refractivity contribution < 1.29 is 26.7 Å². The molecule has 7 nitrogen and oxygen atoms in total. The molecular formula is C25H35F2N3O4S. The summed E-state index contributed by atoms with van der Waals surface area (Å²) in [6.45, 7) is 4.70. The lowest BCUT2D eigenvalue weighted by Crippen LogP contribution is -2.65. The number of nitrogens with zero attached hydrogens (tertiary/aromatic N) is 3. The van der Waals surface area contributed by atoms with E-state index in [9.17, 15) is 22.0 Å². The van der Waals surface area contributed by atoms with Gasteiger partial charge >= 0.3 is 0 Å². The van der Waals surface area contributed by atoms with Crippen molar-refractivity contribution >= 4 is 15.9 Å². The molecule has 4 aliphatic heterocycles. The quantitative estimate of drug-likeness (QED) is 0.588. The fraction of sp³-hybridized carbons (Fsp3) is 0.720. The van der Waals surface area contributed by atoms with E-state index < -0.39 is 26.6 Å². The molecule has 0 unspecified atom stereocenters. The van der Waals surface area contributed by atoms with Crippen molar-refractivity contribution in [3.05, 3.63) is 29.8 Å². The summed E-state index contributed by atoms with van der Waals surface area (Å²) in [6, 6.07) is 2.71. The van der Waals surface area contributed by atoms with E-state index in [0.717, 1.165) is 50.9 Å². The van der Waals surface area contributed by atoms with Crippen molar-refractivity contribution in [3.63, 3.8) is 0 Å². The van der Waals surface area contributed by atoms with Gasteiger partial charge in [-0.2, -0.15) is 4.31 Å². The molecular weight excluding hydrogens is 476 g/mol. The molecule has 0 aromatic heterocycles. The van der Waals surface area contributed by atoms with Gasteiger partial charge in [0.25, 0.3) is 0 Å². The standard InChI is InChI=1S/C25H35F2N3O4S/c26-19-8-9-23(21(27)16-19)35(32,33)30-17-18-4-2-10-29-11-3-5-20(25(18)29)22(30)6-1-7-24(31)28-12-14-34-15-13-28/h8-9,16,18,20,22,25H,1-7,10-15,17H2/t18-,20+,22+,25-/m0/s1. The first kappa shape index (κ1) is 25.0. The summed E-state index contributed by atoms with van der Waals surface area (Å²) in [5, 5.41) is 0. The SMILES string of the molecule is O=C(CCC[C@@H]1[C@H]2CCCN3CCC[C@@H](CN1S(=O)(=O)c1ccc(F)cc1F)[C@@H]23)N1CCOCC1. The lowest BCUT2D eigenvalue weighted by atomic mass is 9.70. The van der Waals surface area contributed by atoms with Gasteiger partial charge in [-0.3, -0.25) is 9.69 Å². The van der Waals surface area contributed by atoms with Gasteiger partial charge in [0.2, 0.25) is 15.9 Å². The first-order valence-electron chi connectivity index (χ1n) is 12.9. The van der Waals surface area contributed by atoms with Crippen molar-refractivity contribution in [2.75, 3.05) is 45.9 Å². The third kappa shape index (κ3) is 4.99. The maximum Gasteiger partial charge on any atom is 0.246 e. The molecule has 0 radical (unpaired) electrons. The predicted molar refractivity (Wildman–Crippen MR) is 126 cm³/mol. The first-order valence-corrected chi connectivity index (χ1v) is 14.4. The highest BCUT2D eigenvalue weighted by Gasteiger charge is 2.51. The van der Waals surface area contributed by atoms with Crippen molar-refractivity contribution in [3.8, 4) is 0 Å². The number of amides is 1. The highest BCUT2D eigenvalue weighted by Crippen LogP contribution is 2.45. The molecule has 10 heteroatoms. The Morgan fingerprint density at radius 3 is 2.54 bits per heavy atom. The number of piperidine rings is 3. The van der Waals surface area contributed by atoms with Gasteiger partial charge in [-0.05, 0) is 75.6 Å². The molecule has 35 heavy (non-hydrogen) atoms. The van der Waals surface area contributed by atoms with Crippen LogP contribution < -0.4 is 0 Å². The Bertz CT molecular complexity index is 1030. The number of morpholine rings is 1. The fourth-order valence-electron chi connectivity index (χ4n) is 6.83. The summed E-state index contributed by atoms with van der Waals surface area (Å²) < 4.78 is 62.6. The molecule has 4 heterocycles. The van der Waals surface area contributed by atoms with Crippen LogP contribution in [-0.4, -0.2) is 86.5 Å². The Morgan fingerprint density at radius 1 is 1.06 bits per heavy atom. The van der Waals surface area contributed by atoms with Gasteiger partial charge in [0, 0.05) is 44.2 Å². The Balaban J connectivity index is 1.40. The Morgan fingerprint density at radius 2 is 1.80 bits per heavy atom. The molecule has 194 valence electrons. The van der Waals surface area contributed by atoms with Crippen LogP contribution in [0.25, 0.3) is 0 Å². The van der Waals surface area contributed by atoms with E-state index in [1.165, 1.54) is 4.31 Å². The number of rotatable bonds is 6. The van der Waals surface area contributed by atoms with Crippen molar-refractivity contribution in [2.24, 2.45) is 11.8 Å². The minimum Gasteiger partial charge on any atom is -0.378 e. The zero-order valence-electron chi connectivity index (χ0n) is 20.1.